The lowest BCUT2D eigenvalue weighted by atomic mass is 10.5. The van der Waals surface area contributed by atoms with Gasteiger partial charge in [0.05, 0.1) is 6.10 Å². The van der Waals surface area contributed by atoms with Crippen LogP contribution in [0.25, 0.3) is 0 Å². The van der Waals surface area contributed by atoms with Crippen LogP contribution in [0, 0.1) is 0 Å². The quantitative estimate of drug-likeness (QED) is 0.704. The zero-order chi connectivity index (χ0) is 12.2. The zero-order valence-corrected chi connectivity index (χ0v) is 9.54. The van der Waals surface area contributed by atoms with E-state index in [1.807, 2.05) is 4.72 Å². The van der Waals surface area contributed by atoms with Crippen molar-refractivity contribution in [3.63, 3.8) is 0 Å². The molecule has 0 aromatic carbocycles. The van der Waals surface area contributed by atoms with E-state index >= 15 is 0 Å². The van der Waals surface area contributed by atoms with Gasteiger partial charge in [0, 0.05) is 12.4 Å². The first-order valence-electron chi connectivity index (χ1n) is 4.39. The van der Waals surface area contributed by atoms with Gasteiger partial charge < -0.3 is 9.72 Å². The molecule has 0 fully saturated rings. The molecule has 0 radical (unpaired) electrons. The minimum atomic E-state index is -4.02. The maximum Gasteiger partial charge on any atom is 0.422 e. The highest BCUT2D eigenvalue weighted by Crippen LogP contribution is 1.98. The largest absolute Gasteiger partial charge is 0.446 e. The van der Waals surface area contributed by atoms with E-state index in [2.05, 4.69) is 14.7 Å². The standard InChI is InChI=1S/C7H12N4O4S/c1-5(2)15-7(12)11-16(13,14)10-6-8-3-4-9-6/h3-5H,1-2H3,(H,11,12)(H2,8,9,10). The van der Waals surface area contributed by atoms with E-state index in [0.29, 0.717) is 0 Å². The van der Waals surface area contributed by atoms with Crippen LogP contribution in [0.2, 0.25) is 0 Å². The Morgan fingerprint density at radius 3 is 2.75 bits per heavy atom. The number of hydrogen-bond donors (Lipinski definition) is 3. The number of carbonyl (C=O) groups excluding carboxylic acids is 1. The van der Waals surface area contributed by atoms with Gasteiger partial charge in [-0.1, -0.05) is 0 Å². The Morgan fingerprint density at radius 1 is 1.56 bits per heavy atom. The van der Waals surface area contributed by atoms with Crippen LogP contribution in [0.4, 0.5) is 10.7 Å². The summed E-state index contributed by atoms with van der Waals surface area (Å²) in [6, 6.07) is 0. The number of rotatable bonds is 4. The molecule has 1 amide bonds. The molecule has 0 aliphatic heterocycles. The molecule has 1 aromatic rings. The Labute approximate surface area is 92.6 Å². The maximum atomic E-state index is 11.3. The molecule has 9 heteroatoms. The number of nitrogens with zero attached hydrogens (tertiary/aromatic N) is 1. The van der Waals surface area contributed by atoms with E-state index < -0.39 is 22.4 Å². The third-order valence-corrected chi connectivity index (χ3v) is 2.19. The molecule has 0 atom stereocenters. The van der Waals surface area contributed by atoms with Crippen LogP contribution >= 0.6 is 0 Å². The molecule has 0 aliphatic rings. The molecule has 1 rings (SSSR count). The number of ether oxygens (including phenoxy) is 1. The van der Waals surface area contributed by atoms with Gasteiger partial charge in [0.25, 0.3) is 0 Å². The number of H-pyrrole nitrogens is 1. The normalized spacial score (nSPS) is 11.2. The van der Waals surface area contributed by atoms with E-state index in [9.17, 15) is 13.2 Å². The molecule has 1 aromatic heterocycles. The van der Waals surface area contributed by atoms with E-state index in [0.717, 1.165) is 0 Å². The van der Waals surface area contributed by atoms with Crippen molar-refractivity contribution in [1.29, 1.82) is 0 Å². The molecule has 3 N–H and O–H groups in total. The fourth-order valence-corrected chi connectivity index (χ4v) is 1.51. The van der Waals surface area contributed by atoms with Crippen molar-refractivity contribution in [2.24, 2.45) is 0 Å². The molecule has 8 nitrogen and oxygen atoms in total. The number of imidazole rings is 1. The molecular formula is C7H12N4O4S. The molecule has 16 heavy (non-hydrogen) atoms. The number of hydrogen-bond acceptors (Lipinski definition) is 5. The third-order valence-electron chi connectivity index (χ3n) is 1.29. The van der Waals surface area contributed by atoms with Gasteiger partial charge in [-0.05, 0) is 13.8 Å². The number of aromatic amines is 1. The first-order chi connectivity index (χ1) is 7.39. The van der Waals surface area contributed by atoms with Crippen LogP contribution in [0.15, 0.2) is 12.4 Å². The minimum Gasteiger partial charge on any atom is -0.446 e. The van der Waals surface area contributed by atoms with Crippen LogP contribution in [0.3, 0.4) is 0 Å². The maximum absolute atomic E-state index is 11.3. The van der Waals surface area contributed by atoms with Crippen molar-refractivity contribution in [2.45, 2.75) is 20.0 Å². The molecule has 0 spiro atoms. The van der Waals surface area contributed by atoms with Crippen LogP contribution in [0.5, 0.6) is 0 Å². The Hall–Kier alpha value is -1.77. The summed E-state index contributed by atoms with van der Waals surface area (Å²) in [6.07, 6.45) is 1.35. The van der Waals surface area contributed by atoms with E-state index in [1.54, 1.807) is 18.6 Å². The summed E-state index contributed by atoms with van der Waals surface area (Å²) in [5.74, 6) is 0.00449. The fraction of sp³-hybridized carbons (Fsp3) is 0.429. The van der Waals surface area contributed by atoms with E-state index in [1.165, 1.54) is 12.4 Å². The minimum absolute atomic E-state index is 0.00449. The second-order valence-corrected chi connectivity index (χ2v) is 4.51. The fourth-order valence-electron chi connectivity index (χ4n) is 0.822. The average molecular weight is 248 g/mol. The van der Waals surface area contributed by atoms with Crippen molar-refractivity contribution in [2.75, 3.05) is 4.72 Å². The molecule has 0 unspecified atom stereocenters. The highest BCUT2D eigenvalue weighted by Gasteiger charge is 2.16. The second-order valence-electron chi connectivity index (χ2n) is 3.10. The van der Waals surface area contributed by atoms with Crippen LogP contribution < -0.4 is 9.44 Å². The summed E-state index contributed by atoms with van der Waals surface area (Å²) in [5.41, 5.74) is 0. The number of amides is 1. The number of aromatic nitrogens is 2. The molecule has 1 heterocycles. The van der Waals surface area contributed by atoms with Crippen molar-refractivity contribution >= 4 is 22.3 Å². The summed E-state index contributed by atoms with van der Waals surface area (Å²) >= 11 is 0. The van der Waals surface area contributed by atoms with Gasteiger partial charge in [-0.15, -0.1) is 0 Å². The average Bonchev–Trinajstić information content (AvgIpc) is 2.51. The van der Waals surface area contributed by atoms with Gasteiger partial charge in [-0.2, -0.15) is 8.42 Å². The summed E-state index contributed by atoms with van der Waals surface area (Å²) in [6.45, 7) is 3.21. The Morgan fingerprint density at radius 2 is 2.25 bits per heavy atom. The molecular weight excluding hydrogens is 236 g/mol. The Balaban J connectivity index is 2.55. The van der Waals surface area contributed by atoms with Crippen molar-refractivity contribution < 1.29 is 17.9 Å². The SMILES string of the molecule is CC(C)OC(=O)NS(=O)(=O)Nc1ncc[nH]1. The Bertz CT molecular complexity index is 439. The molecule has 0 aliphatic carbocycles. The van der Waals surface area contributed by atoms with Crippen molar-refractivity contribution in [1.82, 2.24) is 14.7 Å². The van der Waals surface area contributed by atoms with Crippen molar-refractivity contribution in [3.8, 4) is 0 Å². The zero-order valence-electron chi connectivity index (χ0n) is 8.72. The number of anilines is 1. The van der Waals surface area contributed by atoms with Crippen LogP contribution in [0.1, 0.15) is 13.8 Å². The van der Waals surface area contributed by atoms with Gasteiger partial charge >= 0.3 is 16.3 Å². The van der Waals surface area contributed by atoms with E-state index in [-0.39, 0.29) is 5.95 Å². The molecule has 90 valence electrons. The van der Waals surface area contributed by atoms with Gasteiger partial charge in [0.1, 0.15) is 0 Å². The van der Waals surface area contributed by atoms with E-state index in [4.69, 9.17) is 0 Å². The number of carbonyl (C=O) groups is 1. The first-order valence-corrected chi connectivity index (χ1v) is 5.88. The van der Waals surface area contributed by atoms with Crippen LogP contribution in [-0.4, -0.2) is 30.6 Å². The second kappa shape index (κ2) is 4.84. The molecule has 0 bridgehead atoms. The highest BCUT2D eigenvalue weighted by atomic mass is 32.2. The predicted octanol–water partition coefficient (Wildman–Crippen LogP) is 0.201. The first kappa shape index (κ1) is 12.3. The predicted molar refractivity (Wildman–Crippen MR) is 55.9 cm³/mol. The molecule has 0 saturated heterocycles. The van der Waals surface area contributed by atoms with Gasteiger partial charge in [0.2, 0.25) is 5.95 Å². The summed E-state index contributed by atoms with van der Waals surface area (Å²) in [4.78, 5) is 17.2. The smallest absolute Gasteiger partial charge is 0.422 e. The summed E-state index contributed by atoms with van der Waals surface area (Å²) in [7, 11) is -4.02. The van der Waals surface area contributed by atoms with Crippen LogP contribution in [-0.2, 0) is 14.9 Å². The van der Waals surface area contributed by atoms with Gasteiger partial charge in [-0.3, -0.25) is 0 Å². The third kappa shape index (κ3) is 4.17. The van der Waals surface area contributed by atoms with Crippen molar-refractivity contribution in [3.05, 3.63) is 12.4 Å². The van der Waals surface area contributed by atoms with Gasteiger partial charge in [-0.25, -0.2) is 19.2 Å². The number of nitrogens with one attached hydrogen (secondary N) is 3. The molecule has 0 saturated carbocycles. The lowest BCUT2D eigenvalue weighted by Crippen LogP contribution is -2.37. The lowest BCUT2D eigenvalue weighted by Gasteiger charge is -2.09. The summed E-state index contributed by atoms with van der Waals surface area (Å²) in [5, 5.41) is 0. The van der Waals surface area contributed by atoms with Gasteiger partial charge in [0.15, 0.2) is 0 Å². The monoisotopic (exact) mass is 248 g/mol. The highest BCUT2D eigenvalue weighted by molar-refractivity contribution is 7.91. The summed E-state index contributed by atoms with van der Waals surface area (Å²) < 4.78 is 30.9. The Kier molecular flexibility index (Phi) is 3.72. The topological polar surface area (TPSA) is 113 Å². The lowest BCUT2D eigenvalue weighted by molar-refractivity contribution is 0.121.